The Morgan fingerprint density at radius 1 is 1.27 bits per heavy atom. The van der Waals surface area contributed by atoms with Crippen molar-refractivity contribution >= 4 is 11.8 Å². The van der Waals surface area contributed by atoms with Gasteiger partial charge in [0.2, 0.25) is 5.91 Å². The van der Waals surface area contributed by atoms with Crippen LogP contribution in [-0.4, -0.2) is 44.0 Å². The van der Waals surface area contributed by atoms with Gasteiger partial charge >= 0.3 is 0 Å². The van der Waals surface area contributed by atoms with E-state index in [2.05, 4.69) is 0 Å². The van der Waals surface area contributed by atoms with E-state index in [0.29, 0.717) is 36.6 Å². The third kappa shape index (κ3) is 2.86. The van der Waals surface area contributed by atoms with Crippen LogP contribution in [0.4, 0.5) is 0 Å². The second-order valence-electron chi connectivity index (χ2n) is 5.80. The van der Waals surface area contributed by atoms with Crippen molar-refractivity contribution in [3.05, 3.63) is 23.8 Å². The van der Waals surface area contributed by atoms with Crippen molar-refractivity contribution in [1.29, 1.82) is 0 Å². The number of methoxy groups -OCH3 is 2. The van der Waals surface area contributed by atoms with Crippen LogP contribution >= 0.6 is 0 Å². The number of benzene rings is 1. The fraction of sp³-hybridized carbons (Fsp3) is 0.500. The lowest BCUT2D eigenvalue weighted by atomic mass is 9.81. The van der Waals surface area contributed by atoms with Crippen LogP contribution in [0.5, 0.6) is 11.5 Å². The van der Waals surface area contributed by atoms with Crippen LogP contribution in [0, 0.1) is 5.41 Å². The zero-order chi connectivity index (χ0) is 16.3. The van der Waals surface area contributed by atoms with Crippen molar-refractivity contribution in [1.82, 2.24) is 4.90 Å². The van der Waals surface area contributed by atoms with Gasteiger partial charge in [0.25, 0.3) is 5.91 Å². The average Bonchev–Trinajstić information content (AvgIpc) is 2.53. The number of hydrogen-bond acceptors (Lipinski definition) is 4. The monoisotopic (exact) mass is 306 g/mol. The molecule has 1 aliphatic heterocycles. The van der Waals surface area contributed by atoms with Crippen LogP contribution in [0.1, 0.15) is 30.1 Å². The molecular weight excluding hydrogens is 284 g/mol. The summed E-state index contributed by atoms with van der Waals surface area (Å²) >= 11 is 0. The van der Waals surface area contributed by atoms with Crippen molar-refractivity contribution in [3.63, 3.8) is 0 Å². The van der Waals surface area contributed by atoms with Crippen LogP contribution in [0.2, 0.25) is 0 Å². The Kier molecular flexibility index (Phi) is 4.59. The largest absolute Gasteiger partial charge is 0.493 e. The predicted molar refractivity (Wildman–Crippen MR) is 82.0 cm³/mol. The lowest BCUT2D eigenvalue weighted by molar-refractivity contribution is -0.129. The number of ether oxygens (including phenoxy) is 2. The van der Waals surface area contributed by atoms with Gasteiger partial charge in [-0.25, -0.2) is 0 Å². The van der Waals surface area contributed by atoms with Gasteiger partial charge in [0.1, 0.15) is 0 Å². The number of carbonyl (C=O) groups is 2. The molecule has 6 nitrogen and oxygen atoms in total. The number of nitrogens with two attached hydrogens (primary N) is 1. The van der Waals surface area contributed by atoms with Crippen molar-refractivity contribution < 1.29 is 19.1 Å². The molecule has 1 aromatic carbocycles. The number of primary amides is 1. The molecule has 0 radical (unpaired) electrons. The van der Waals surface area contributed by atoms with Crippen LogP contribution < -0.4 is 15.2 Å². The summed E-state index contributed by atoms with van der Waals surface area (Å²) in [4.78, 5) is 26.1. The fourth-order valence-corrected chi connectivity index (χ4v) is 2.84. The molecular formula is C16H22N2O4. The van der Waals surface area contributed by atoms with Crippen LogP contribution in [0.3, 0.4) is 0 Å². The molecule has 2 amide bonds. The minimum absolute atomic E-state index is 0.178. The molecule has 1 aliphatic rings. The Labute approximate surface area is 130 Å². The molecule has 1 fully saturated rings. The van der Waals surface area contributed by atoms with Crippen molar-refractivity contribution in [2.75, 3.05) is 27.3 Å². The lowest BCUT2D eigenvalue weighted by Crippen LogP contribution is -2.50. The maximum Gasteiger partial charge on any atom is 0.257 e. The standard InChI is InChI=1S/C16H22N2O4/c1-16(15(17)20)8-5-9-18(10-16)14(19)11-6-4-7-12(21-2)13(11)22-3/h4,6-7H,5,8-10H2,1-3H3,(H2,17,20). The Hall–Kier alpha value is -2.24. The van der Waals surface area contributed by atoms with Gasteiger partial charge in [-0.2, -0.15) is 0 Å². The van der Waals surface area contributed by atoms with Gasteiger partial charge in [0.15, 0.2) is 11.5 Å². The molecule has 2 rings (SSSR count). The van der Waals surface area contributed by atoms with E-state index in [0.717, 1.165) is 6.42 Å². The maximum atomic E-state index is 12.8. The topological polar surface area (TPSA) is 81.9 Å². The summed E-state index contributed by atoms with van der Waals surface area (Å²) in [6.45, 7) is 2.72. The molecule has 120 valence electrons. The highest BCUT2D eigenvalue weighted by molar-refractivity contribution is 5.98. The third-order valence-electron chi connectivity index (χ3n) is 4.21. The molecule has 0 spiro atoms. The first kappa shape index (κ1) is 16.1. The van der Waals surface area contributed by atoms with E-state index in [9.17, 15) is 9.59 Å². The van der Waals surface area contributed by atoms with Gasteiger partial charge in [-0.3, -0.25) is 9.59 Å². The first-order valence-electron chi connectivity index (χ1n) is 7.23. The van der Waals surface area contributed by atoms with E-state index >= 15 is 0 Å². The van der Waals surface area contributed by atoms with E-state index in [1.165, 1.54) is 14.2 Å². The molecule has 1 aromatic rings. The number of hydrogen-bond donors (Lipinski definition) is 1. The molecule has 1 atom stereocenters. The summed E-state index contributed by atoms with van der Waals surface area (Å²) in [5.74, 6) is 0.356. The predicted octanol–water partition coefficient (Wildman–Crippen LogP) is 1.43. The zero-order valence-corrected chi connectivity index (χ0v) is 13.2. The number of piperidine rings is 1. The summed E-state index contributed by atoms with van der Waals surface area (Å²) in [5.41, 5.74) is 5.23. The molecule has 0 aromatic heterocycles. The molecule has 1 heterocycles. The molecule has 0 bridgehead atoms. The van der Waals surface area contributed by atoms with Crippen molar-refractivity contribution in [2.45, 2.75) is 19.8 Å². The van der Waals surface area contributed by atoms with Crippen LogP contribution in [0.15, 0.2) is 18.2 Å². The van der Waals surface area contributed by atoms with E-state index in [4.69, 9.17) is 15.2 Å². The van der Waals surface area contributed by atoms with E-state index in [1.54, 1.807) is 30.0 Å². The molecule has 0 saturated carbocycles. The number of nitrogens with zero attached hydrogens (tertiary/aromatic N) is 1. The van der Waals surface area contributed by atoms with Crippen molar-refractivity contribution in [2.24, 2.45) is 11.1 Å². The minimum atomic E-state index is -0.681. The minimum Gasteiger partial charge on any atom is -0.493 e. The third-order valence-corrected chi connectivity index (χ3v) is 4.21. The fourth-order valence-electron chi connectivity index (χ4n) is 2.84. The molecule has 6 heteroatoms. The van der Waals surface area contributed by atoms with E-state index in [-0.39, 0.29) is 11.8 Å². The number of likely N-dealkylation sites (tertiary alicyclic amines) is 1. The number of amides is 2. The molecule has 22 heavy (non-hydrogen) atoms. The first-order valence-corrected chi connectivity index (χ1v) is 7.23. The first-order chi connectivity index (χ1) is 10.4. The van der Waals surface area contributed by atoms with E-state index < -0.39 is 5.41 Å². The van der Waals surface area contributed by atoms with Crippen molar-refractivity contribution in [3.8, 4) is 11.5 Å². The van der Waals surface area contributed by atoms with Gasteiger partial charge < -0.3 is 20.1 Å². The second kappa shape index (κ2) is 6.25. The quantitative estimate of drug-likeness (QED) is 0.912. The highest BCUT2D eigenvalue weighted by Crippen LogP contribution is 2.34. The average molecular weight is 306 g/mol. The molecule has 0 aliphatic carbocycles. The summed E-state index contributed by atoms with van der Waals surface area (Å²) in [6, 6.07) is 5.17. The summed E-state index contributed by atoms with van der Waals surface area (Å²) < 4.78 is 10.5. The highest BCUT2D eigenvalue weighted by atomic mass is 16.5. The Morgan fingerprint density at radius 3 is 2.59 bits per heavy atom. The van der Waals surface area contributed by atoms with Gasteiger partial charge in [-0.1, -0.05) is 6.07 Å². The number of rotatable bonds is 4. The number of para-hydroxylation sites is 1. The Balaban J connectivity index is 2.30. The Morgan fingerprint density at radius 2 is 2.00 bits per heavy atom. The van der Waals surface area contributed by atoms with Crippen LogP contribution in [-0.2, 0) is 4.79 Å². The summed E-state index contributed by atoms with van der Waals surface area (Å²) in [5, 5.41) is 0. The maximum absolute atomic E-state index is 12.8. The van der Waals surface area contributed by atoms with Crippen LogP contribution in [0.25, 0.3) is 0 Å². The van der Waals surface area contributed by atoms with Gasteiger partial charge in [0.05, 0.1) is 25.2 Å². The molecule has 1 unspecified atom stereocenters. The summed E-state index contributed by atoms with van der Waals surface area (Å²) in [6.07, 6.45) is 1.44. The number of carbonyl (C=O) groups excluding carboxylic acids is 2. The molecule has 2 N–H and O–H groups in total. The second-order valence-corrected chi connectivity index (χ2v) is 5.80. The smallest absolute Gasteiger partial charge is 0.257 e. The normalized spacial score (nSPS) is 21.3. The van der Waals surface area contributed by atoms with Gasteiger partial charge in [-0.05, 0) is 31.9 Å². The Bertz CT molecular complexity index is 588. The zero-order valence-electron chi connectivity index (χ0n) is 13.2. The van der Waals surface area contributed by atoms with Gasteiger partial charge in [0, 0.05) is 13.1 Å². The molecule has 1 saturated heterocycles. The lowest BCUT2D eigenvalue weighted by Gasteiger charge is -2.38. The summed E-state index contributed by atoms with van der Waals surface area (Å²) in [7, 11) is 3.02. The SMILES string of the molecule is COc1cccc(C(=O)N2CCCC(C)(C(N)=O)C2)c1OC. The van der Waals surface area contributed by atoms with Gasteiger partial charge in [-0.15, -0.1) is 0 Å². The van der Waals surface area contributed by atoms with E-state index in [1.807, 2.05) is 0 Å². The highest BCUT2D eigenvalue weighted by Gasteiger charge is 2.38.